The van der Waals surface area contributed by atoms with Crippen molar-refractivity contribution in [3.8, 4) is 0 Å². The van der Waals surface area contributed by atoms with E-state index in [1.165, 1.54) is 36.9 Å². The molecule has 1 saturated carbocycles. The van der Waals surface area contributed by atoms with Gasteiger partial charge in [0.25, 0.3) is 0 Å². The van der Waals surface area contributed by atoms with E-state index in [0.29, 0.717) is 11.5 Å². The molecule has 0 aliphatic heterocycles. The van der Waals surface area contributed by atoms with Crippen LogP contribution in [0.2, 0.25) is 5.02 Å². The lowest BCUT2D eigenvalue weighted by molar-refractivity contribution is 0.229. The van der Waals surface area contributed by atoms with Crippen molar-refractivity contribution in [2.75, 3.05) is 5.32 Å². The standard InChI is InChI=1S/C15H22ClN/c1-11-6-7-12(16)9-14(11)17-13-5-4-8-15(2,3)10-13/h6-7,9,13,17H,4-5,8,10H2,1-3H3. The maximum absolute atomic E-state index is 6.05. The minimum absolute atomic E-state index is 0.475. The Kier molecular flexibility index (Phi) is 3.67. The van der Waals surface area contributed by atoms with Gasteiger partial charge in [-0.25, -0.2) is 0 Å². The van der Waals surface area contributed by atoms with Crippen LogP contribution in [0.5, 0.6) is 0 Å². The SMILES string of the molecule is Cc1ccc(Cl)cc1NC1CCCC(C)(C)C1. The van der Waals surface area contributed by atoms with Gasteiger partial charge in [0, 0.05) is 16.8 Å². The normalized spacial score (nSPS) is 23.4. The van der Waals surface area contributed by atoms with E-state index in [1.807, 2.05) is 12.1 Å². The van der Waals surface area contributed by atoms with E-state index >= 15 is 0 Å². The summed E-state index contributed by atoms with van der Waals surface area (Å²) < 4.78 is 0. The van der Waals surface area contributed by atoms with Gasteiger partial charge in [-0.15, -0.1) is 0 Å². The van der Waals surface area contributed by atoms with Crippen molar-refractivity contribution in [1.29, 1.82) is 0 Å². The van der Waals surface area contributed by atoms with Gasteiger partial charge in [-0.05, 0) is 49.3 Å². The van der Waals surface area contributed by atoms with Gasteiger partial charge < -0.3 is 5.32 Å². The van der Waals surface area contributed by atoms with Crippen LogP contribution >= 0.6 is 11.6 Å². The lowest BCUT2D eigenvalue weighted by Gasteiger charge is -2.36. The van der Waals surface area contributed by atoms with Crippen LogP contribution in [-0.2, 0) is 0 Å². The Bertz CT molecular complexity index is 398. The average molecular weight is 252 g/mol. The van der Waals surface area contributed by atoms with Crippen molar-refractivity contribution < 1.29 is 0 Å². The van der Waals surface area contributed by atoms with Gasteiger partial charge >= 0.3 is 0 Å². The average Bonchev–Trinajstić information content (AvgIpc) is 2.22. The Morgan fingerprint density at radius 3 is 2.82 bits per heavy atom. The highest BCUT2D eigenvalue weighted by molar-refractivity contribution is 6.30. The molecule has 0 aromatic heterocycles. The highest BCUT2D eigenvalue weighted by Gasteiger charge is 2.27. The fraction of sp³-hybridized carbons (Fsp3) is 0.600. The zero-order chi connectivity index (χ0) is 12.5. The van der Waals surface area contributed by atoms with E-state index in [9.17, 15) is 0 Å². The van der Waals surface area contributed by atoms with Crippen molar-refractivity contribution in [1.82, 2.24) is 0 Å². The number of benzene rings is 1. The second-order valence-electron chi connectivity index (χ2n) is 6.06. The molecule has 0 bridgehead atoms. The predicted octanol–water partition coefficient (Wildman–Crippen LogP) is 5.03. The van der Waals surface area contributed by atoms with E-state index in [0.717, 1.165) is 5.02 Å². The maximum Gasteiger partial charge on any atom is 0.0426 e. The maximum atomic E-state index is 6.05. The monoisotopic (exact) mass is 251 g/mol. The fourth-order valence-electron chi connectivity index (χ4n) is 2.79. The topological polar surface area (TPSA) is 12.0 Å². The van der Waals surface area contributed by atoms with E-state index in [-0.39, 0.29) is 0 Å². The van der Waals surface area contributed by atoms with Crippen LogP contribution in [0.4, 0.5) is 5.69 Å². The van der Waals surface area contributed by atoms with E-state index in [2.05, 4.69) is 32.2 Å². The third-order valence-electron chi connectivity index (χ3n) is 3.76. The molecule has 1 unspecified atom stereocenters. The van der Waals surface area contributed by atoms with Crippen LogP contribution in [0.3, 0.4) is 0 Å². The molecule has 1 atom stereocenters. The summed E-state index contributed by atoms with van der Waals surface area (Å²) in [6.45, 7) is 6.87. The summed E-state index contributed by atoms with van der Waals surface area (Å²) in [6, 6.07) is 6.67. The Balaban J connectivity index is 2.07. The van der Waals surface area contributed by atoms with E-state index < -0.39 is 0 Å². The molecule has 2 rings (SSSR count). The smallest absolute Gasteiger partial charge is 0.0426 e. The minimum atomic E-state index is 0.475. The summed E-state index contributed by atoms with van der Waals surface area (Å²) in [6.07, 6.45) is 5.19. The predicted molar refractivity (Wildman–Crippen MR) is 75.8 cm³/mol. The highest BCUT2D eigenvalue weighted by Crippen LogP contribution is 2.36. The lowest BCUT2D eigenvalue weighted by atomic mass is 9.75. The molecule has 94 valence electrons. The quantitative estimate of drug-likeness (QED) is 0.778. The number of hydrogen-bond acceptors (Lipinski definition) is 1. The Hall–Kier alpha value is -0.690. The van der Waals surface area contributed by atoms with Crippen LogP contribution in [0.15, 0.2) is 18.2 Å². The lowest BCUT2D eigenvalue weighted by Crippen LogP contribution is -2.31. The summed E-state index contributed by atoms with van der Waals surface area (Å²) in [5.74, 6) is 0. The second kappa shape index (κ2) is 4.89. The first-order valence-corrected chi connectivity index (χ1v) is 6.87. The summed E-state index contributed by atoms with van der Waals surface area (Å²) >= 11 is 6.05. The molecule has 0 amide bonds. The molecular formula is C15H22ClN. The fourth-order valence-corrected chi connectivity index (χ4v) is 2.96. The molecule has 1 nitrogen and oxygen atoms in total. The second-order valence-corrected chi connectivity index (χ2v) is 6.50. The highest BCUT2D eigenvalue weighted by atomic mass is 35.5. The molecule has 1 aromatic rings. The Morgan fingerprint density at radius 2 is 2.12 bits per heavy atom. The number of aryl methyl sites for hydroxylation is 1. The Morgan fingerprint density at radius 1 is 1.35 bits per heavy atom. The summed E-state index contributed by atoms with van der Waals surface area (Å²) in [4.78, 5) is 0. The number of hydrogen-bond donors (Lipinski definition) is 1. The summed E-state index contributed by atoms with van der Waals surface area (Å²) in [5, 5.41) is 4.47. The molecule has 0 heterocycles. The van der Waals surface area contributed by atoms with Gasteiger partial charge in [-0.1, -0.05) is 37.9 Å². The van der Waals surface area contributed by atoms with Crippen molar-refractivity contribution in [3.63, 3.8) is 0 Å². The number of nitrogens with one attached hydrogen (secondary N) is 1. The van der Waals surface area contributed by atoms with Crippen molar-refractivity contribution in [3.05, 3.63) is 28.8 Å². The van der Waals surface area contributed by atoms with Gasteiger partial charge in [0.1, 0.15) is 0 Å². The van der Waals surface area contributed by atoms with Gasteiger partial charge in [0.2, 0.25) is 0 Å². The molecule has 0 spiro atoms. The zero-order valence-corrected chi connectivity index (χ0v) is 11.8. The molecular weight excluding hydrogens is 230 g/mol. The van der Waals surface area contributed by atoms with Crippen LogP contribution in [-0.4, -0.2) is 6.04 Å². The molecule has 0 radical (unpaired) electrons. The van der Waals surface area contributed by atoms with Crippen LogP contribution in [0.25, 0.3) is 0 Å². The number of anilines is 1. The third kappa shape index (κ3) is 3.38. The van der Waals surface area contributed by atoms with Crippen molar-refractivity contribution in [2.45, 2.75) is 52.5 Å². The zero-order valence-electron chi connectivity index (χ0n) is 11.0. The number of rotatable bonds is 2. The summed E-state index contributed by atoms with van der Waals surface area (Å²) in [7, 11) is 0. The Labute approximate surface area is 110 Å². The van der Waals surface area contributed by atoms with Gasteiger partial charge in [0.15, 0.2) is 0 Å². The molecule has 1 aliphatic carbocycles. The molecule has 1 aromatic carbocycles. The van der Waals surface area contributed by atoms with E-state index in [4.69, 9.17) is 11.6 Å². The van der Waals surface area contributed by atoms with Crippen LogP contribution in [0, 0.1) is 12.3 Å². The largest absolute Gasteiger partial charge is 0.382 e. The molecule has 1 N–H and O–H groups in total. The van der Waals surface area contributed by atoms with Gasteiger partial charge in [-0.2, -0.15) is 0 Å². The first kappa shape index (κ1) is 12.8. The molecule has 1 aliphatic rings. The van der Waals surface area contributed by atoms with Crippen LogP contribution < -0.4 is 5.32 Å². The summed E-state index contributed by atoms with van der Waals surface area (Å²) in [5.41, 5.74) is 2.94. The molecule has 2 heteroatoms. The van der Waals surface area contributed by atoms with Crippen molar-refractivity contribution >= 4 is 17.3 Å². The first-order valence-electron chi connectivity index (χ1n) is 6.49. The first-order chi connectivity index (χ1) is 7.96. The van der Waals surface area contributed by atoms with Gasteiger partial charge in [0.05, 0.1) is 0 Å². The minimum Gasteiger partial charge on any atom is -0.382 e. The molecule has 0 saturated heterocycles. The van der Waals surface area contributed by atoms with Gasteiger partial charge in [-0.3, -0.25) is 0 Å². The van der Waals surface area contributed by atoms with Crippen molar-refractivity contribution in [2.24, 2.45) is 5.41 Å². The molecule has 17 heavy (non-hydrogen) atoms. The third-order valence-corrected chi connectivity index (χ3v) is 4.00. The van der Waals surface area contributed by atoms with E-state index in [1.54, 1.807) is 0 Å². The van der Waals surface area contributed by atoms with Crippen LogP contribution in [0.1, 0.15) is 45.1 Å². The molecule has 1 fully saturated rings. The number of halogens is 1.